The summed E-state index contributed by atoms with van der Waals surface area (Å²) in [5.41, 5.74) is 0.417. The molecule has 2 aromatic heterocycles. The van der Waals surface area contributed by atoms with Gasteiger partial charge in [0.1, 0.15) is 5.82 Å². The SMILES string of the molecule is CN(Cc1cc2ccccc2s1)C(=O)[C@@H]1C[C@@H](Sc2ncccn2)CN1Cc1c(F)cccc1Cl. The Balaban J connectivity index is 1.35. The Kier molecular flexibility index (Phi) is 7.34. The quantitative estimate of drug-likeness (QED) is 0.281. The molecule has 1 aliphatic rings. The number of hydrogen-bond donors (Lipinski definition) is 0. The number of thioether (sulfide) groups is 1. The fraction of sp³-hybridized carbons (Fsp3) is 0.269. The Morgan fingerprint density at radius 2 is 2.00 bits per heavy atom. The summed E-state index contributed by atoms with van der Waals surface area (Å²) in [7, 11) is 1.84. The molecule has 0 N–H and O–H groups in total. The molecule has 35 heavy (non-hydrogen) atoms. The number of aromatic nitrogens is 2. The summed E-state index contributed by atoms with van der Waals surface area (Å²) < 4.78 is 15.8. The Morgan fingerprint density at radius 3 is 2.77 bits per heavy atom. The lowest BCUT2D eigenvalue weighted by atomic mass is 10.1. The van der Waals surface area contributed by atoms with Gasteiger partial charge in [0.2, 0.25) is 5.91 Å². The molecule has 1 amide bonds. The number of thiophene rings is 1. The molecule has 1 saturated heterocycles. The Bertz CT molecular complexity index is 1280. The minimum atomic E-state index is -0.383. The van der Waals surface area contributed by atoms with E-state index >= 15 is 0 Å². The monoisotopic (exact) mass is 526 g/mol. The van der Waals surface area contributed by atoms with Crippen LogP contribution in [0.15, 0.2) is 72.1 Å². The Hall–Kier alpha value is -2.52. The summed E-state index contributed by atoms with van der Waals surface area (Å²) in [4.78, 5) is 27.2. The molecule has 5 nitrogen and oxygen atoms in total. The van der Waals surface area contributed by atoms with Crippen LogP contribution in [0, 0.1) is 5.82 Å². The van der Waals surface area contributed by atoms with Gasteiger partial charge < -0.3 is 4.90 Å². The average Bonchev–Trinajstić information content (AvgIpc) is 3.44. The number of rotatable bonds is 7. The first-order chi connectivity index (χ1) is 17.0. The van der Waals surface area contributed by atoms with E-state index in [0.717, 1.165) is 4.88 Å². The van der Waals surface area contributed by atoms with Crippen molar-refractivity contribution in [2.75, 3.05) is 13.6 Å². The van der Waals surface area contributed by atoms with E-state index in [9.17, 15) is 9.18 Å². The molecule has 0 unspecified atom stereocenters. The molecule has 2 atom stereocenters. The summed E-state index contributed by atoms with van der Waals surface area (Å²) >= 11 is 9.58. The molecule has 5 rings (SSSR count). The normalized spacial score (nSPS) is 18.3. The highest BCUT2D eigenvalue weighted by Crippen LogP contribution is 2.34. The lowest BCUT2D eigenvalue weighted by Gasteiger charge is -2.28. The molecule has 0 spiro atoms. The second-order valence-corrected chi connectivity index (χ2v) is 11.4. The van der Waals surface area contributed by atoms with Gasteiger partial charge in [0.05, 0.1) is 12.6 Å². The predicted molar refractivity (Wildman–Crippen MR) is 140 cm³/mol. The Morgan fingerprint density at radius 1 is 1.20 bits per heavy atom. The van der Waals surface area contributed by atoms with Gasteiger partial charge in [0.25, 0.3) is 0 Å². The number of hydrogen-bond acceptors (Lipinski definition) is 6. The highest BCUT2D eigenvalue weighted by Gasteiger charge is 2.39. The first-order valence-electron chi connectivity index (χ1n) is 11.3. The standard InChI is InChI=1S/C26H24ClFN4OS2/c1-31(14-18-12-17-6-2-3-9-24(17)34-18)25(33)23-13-19(35-26-29-10-5-11-30-26)15-32(23)16-20-21(27)7-4-8-22(20)28/h2-12,19,23H,13-16H2,1H3/t19-,23+/m1/s1. The molecule has 0 bridgehead atoms. The maximum atomic E-state index is 14.6. The van der Waals surface area contributed by atoms with Crippen LogP contribution in [-0.2, 0) is 17.9 Å². The highest BCUT2D eigenvalue weighted by atomic mass is 35.5. The average molecular weight is 527 g/mol. The number of carbonyl (C=O) groups excluding carboxylic acids is 1. The predicted octanol–water partition coefficient (Wildman–Crippen LogP) is 5.88. The van der Waals surface area contributed by atoms with Gasteiger partial charge in [0.15, 0.2) is 5.16 Å². The van der Waals surface area contributed by atoms with Crippen LogP contribution in [0.2, 0.25) is 5.02 Å². The van der Waals surface area contributed by atoms with Crippen molar-refractivity contribution < 1.29 is 9.18 Å². The topological polar surface area (TPSA) is 49.3 Å². The molecular formula is C26H24ClFN4OS2. The zero-order chi connectivity index (χ0) is 24.4. The largest absolute Gasteiger partial charge is 0.339 e. The minimum Gasteiger partial charge on any atom is -0.339 e. The molecule has 0 radical (unpaired) electrons. The van der Waals surface area contributed by atoms with E-state index in [1.165, 1.54) is 16.2 Å². The van der Waals surface area contributed by atoms with Crippen LogP contribution in [0.1, 0.15) is 16.9 Å². The van der Waals surface area contributed by atoms with E-state index in [1.807, 2.05) is 24.1 Å². The maximum absolute atomic E-state index is 14.6. The van der Waals surface area contributed by atoms with Gasteiger partial charge in [-0.1, -0.05) is 47.6 Å². The van der Waals surface area contributed by atoms with Gasteiger partial charge in [-0.2, -0.15) is 0 Å². The minimum absolute atomic E-state index is 0.0204. The van der Waals surface area contributed by atoms with E-state index < -0.39 is 0 Å². The molecule has 1 aliphatic heterocycles. The van der Waals surface area contributed by atoms with Crippen molar-refractivity contribution in [3.63, 3.8) is 0 Å². The number of benzene rings is 2. The first-order valence-corrected chi connectivity index (χ1v) is 13.4. The van der Waals surface area contributed by atoms with Gasteiger partial charge in [-0.05, 0) is 42.1 Å². The summed E-state index contributed by atoms with van der Waals surface area (Å²) in [5.74, 6) is -0.336. The first kappa shape index (κ1) is 24.2. The molecular weight excluding hydrogens is 503 g/mol. The third-order valence-electron chi connectivity index (χ3n) is 6.13. The summed E-state index contributed by atoms with van der Waals surface area (Å²) in [6.45, 7) is 1.41. The third-order valence-corrected chi connectivity index (χ3v) is 8.68. The van der Waals surface area contributed by atoms with Crippen molar-refractivity contribution in [2.24, 2.45) is 0 Å². The van der Waals surface area contributed by atoms with Crippen molar-refractivity contribution in [3.8, 4) is 0 Å². The smallest absolute Gasteiger partial charge is 0.240 e. The molecule has 3 heterocycles. The van der Waals surface area contributed by atoms with Gasteiger partial charge >= 0.3 is 0 Å². The van der Waals surface area contributed by atoms with E-state index in [-0.39, 0.29) is 29.6 Å². The van der Waals surface area contributed by atoms with Gasteiger partial charge in [-0.15, -0.1) is 11.3 Å². The lowest BCUT2D eigenvalue weighted by Crippen LogP contribution is -2.43. The van der Waals surface area contributed by atoms with Crippen LogP contribution in [0.3, 0.4) is 0 Å². The number of halogens is 2. The van der Waals surface area contributed by atoms with Crippen molar-refractivity contribution in [1.82, 2.24) is 19.8 Å². The number of carbonyl (C=O) groups is 1. The summed E-state index contributed by atoms with van der Waals surface area (Å²) in [5, 5.41) is 2.34. The van der Waals surface area contributed by atoms with Gasteiger partial charge in [-0.3, -0.25) is 9.69 Å². The highest BCUT2D eigenvalue weighted by molar-refractivity contribution is 7.99. The number of fused-ring (bicyclic) bond motifs is 1. The fourth-order valence-electron chi connectivity index (χ4n) is 4.44. The van der Waals surface area contributed by atoms with Crippen LogP contribution in [-0.4, -0.2) is 50.6 Å². The summed E-state index contributed by atoms with van der Waals surface area (Å²) in [6.07, 6.45) is 4.05. The van der Waals surface area contributed by atoms with Crippen LogP contribution in [0.25, 0.3) is 10.1 Å². The molecule has 1 fully saturated rings. The molecule has 2 aromatic carbocycles. The van der Waals surface area contributed by atoms with Crippen LogP contribution in [0.5, 0.6) is 0 Å². The molecule has 9 heteroatoms. The third kappa shape index (κ3) is 5.51. The number of nitrogens with zero attached hydrogens (tertiary/aromatic N) is 4. The molecule has 0 saturated carbocycles. The van der Waals surface area contributed by atoms with Gasteiger partial charge in [0, 0.05) is 57.9 Å². The van der Waals surface area contributed by atoms with Crippen LogP contribution < -0.4 is 0 Å². The zero-order valence-electron chi connectivity index (χ0n) is 19.1. The summed E-state index contributed by atoms with van der Waals surface area (Å²) in [6, 6.07) is 16.4. The number of likely N-dealkylation sites (N-methyl/N-ethyl adjacent to an activating group) is 1. The van der Waals surface area contributed by atoms with Crippen molar-refractivity contribution in [2.45, 2.75) is 36.0 Å². The van der Waals surface area contributed by atoms with E-state index in [1.54, 1.807) is 58.6 Å². The van der Waals surface area contributed by atoms with Crippen molar-refractivity contribution in [1.29, 1.82) is 0 Å². The number of likely N-dealkylation sites (tertiary alicyclic amines) is 1. The Labute approximate surface area is 216 Å². The molecule has 4 aromatic rings. The number of amides is 1. The molecule has 0 aliphatic carbocycles. The second-order valence-electron chi connectivity index (χ2n) is 8.60. The second kappa shape index (κ2) is 10.6. The van der Waals surface area contributed by atoms with E-state index in [4.69, 9.17) is 11.6 Å². The van der Waals surface area contributed by atoms with Crippen molar-refractivity contribution in [3.05, 3.63) is 88.3 Å². The van der Waals surface area contributed by atoms with E-state index in [0.29, 0.717) is 35.3 Å². The molecule has 180 valence electrons. The fourth-order valence-corrected chi connectivity index (χ4v) is 6.87. The lowest BCUT2D eigenvalue weighted by molar-refractivity contribution is -0.135. The van der Waals surface area contributed by atoms with E-state index in [2.05, 4.69) is 28.2 Å². The van der Waals surface area contributed by atoms with Gasteiger partial charge in [-0.25, -0.2) is 14.4 Å². The maximum Gasteiger partial charge on any atom is 0.240 e. The zero-order valence-corrected chi connectivity index (χ0v) is 21.5. The van der Waals surface area contributed by atoms with Crippen LogP contribution >= 0.6 is 34.7 Å². The van der Waals surface area contributed by atoms with Crippen LogP contribution in [0.4, 0.5) is 4.39 Å². The van der Waals surface area contributed by atoms with Crippen molar-refractivity contribution >= 4 is 50.7 Å².